The summed E-state index contributed by atoms with van der Waals surface area (Å²) in [6, 6.07) is 19.0. The van der Waals surface area contributed by atoms with E-state index in [4.69, 9.17) is 14.2 Å². The average molecular weight is 445 g/mol. The molecule has 0 spiro atoms. The van der Waals surface area contributed by atoms with Gasteiger partial charge in [0.2, 0.25) is 0 Å². The summed E-state index contributed by atoms with van der Waals surface area (Å²) in [6.07, 6.45) is 0.161. The molecule has 4 rings (SSSR count). The highest BCUT2D eigenvalue weighted by molar-refractivity contribution is 5.89. The Bertz CT molecular complexity index is 1340. The van der Waals surface area contributed by atoms with Crippen molar-refractivity contribution in [2.45, 2.75) is 13.3 Å². The highest BCUT2D eigenvalue weighted by Crippen LogP contribution is 2.32. The summed E-state index contributed by atoms with van der Waals surface area (Å²) in [7, 11) is 1.52. The zero-order valence-electron chi connectivity index (χ0n) is 18.3. The second-order valence-corrected chi connectivity index (χ2v) is 7.16. The van der Waals surface area contributed by atoms with Crippen molar-refractivity contribution < 1.29 is 19.0 Å². The molecule has 0 aliphatic heterocycles. The van der Waals surface area contributed by atoms with Crippen molar-refractivity contribution >= 4 is 22.7 Å². The van der Waals surface area contributed by atoms with Crippen molar-refractivity contribution in [3.8, 4) is 28.6 Å². The number of fused-ring (bicyclic) bond motifs is 1. The minimum atomic E-state index is -0.643. The Kier molecular flexibility index (Phi) is 6.54. The first-order chi connectivity index (χ1) is 16.1. The van der Waals surface area contributed by atoms with E-state index in [9.17, 15) is 9.59 Å². The van der Waals surface area contributed by atoms with E-state index >= 15 is 0 Å². The maximum absolute atomic E-state index is 12.8. The van der Waals surface area contributed by atoms with Gasteiger partial charge in [-0.25, -0.2) is 9.78 Å². The summed E-state index contributed by atoms with van der Waals surface area (Å²) in [5.41, 5.74) is 1.10. The topological polar surface area (TPSA) is 103 Å². The van der Waals surface area contributed by atoms with Gasteiger partial charge in [-0.15, -0.1) is 0 Å². The van der Waals surface area contributed by atoms with Crippen LogP contribution in [0, 0.1) is 0 Å². The van der Waals surface area contributed by atoms with Gasteiger partial charge in [0.25, 0.3) is 5.56 Å². The number of carbonyl (C=O) groups is 1. The maximum Gasteiger partial charge on any atom is 0.417 e. The van der Waals surface area contributed by atoms with E-state index in [1.165, 1.54) is 7.11 Å². The van der Waals surface area contributed by atoms with Gasteiger partial charge in [0.15, 0.2) is 0 Å². The Balaban J connectivity index is 1.73. The van der Waals surface area contributed by atoms with Crippen molar-refractivity contribution in [2.75, 3.05) is 19.0 Å². The van der Waals surface area contributed by atoms with Crippen molar-refractivity contribution in [3.05, 3.63) is 77.1 Å². The second kappa shape index (κ2) is 9.86. The van der Waals surface area contributed by atoms with Crippen LogP contribution in [0.2, 0.25) is 0 Å². The summed E-state index contributed by atoms with van der Waals surface area (Å²) >= 11 is 0. The van der Waals surface area contributed by atoms with Gasteiger partial charge in [-0.2, -0.15) is 0 Å². The summed E-state index contributed by atoms with van der Waals surface area (Å²) in [5.74, 6) is 1.72. The van der Waals surface area contributed by atoms with Gasteiger partial charge >= 0.3 is 6.09 Å². The van der Waals surface area contributed by atoms with Crippen molar-refractivity contribution in [2.24, 2.45) is 0 Å². The van der Waals surface area contributed by atoms with Crippen LogP contribution >= 0.6 is 0 Å². The number of rotatable bonds is 7. The molecule has 1 heterocycles. The normalized spacial score (nSPS) is 10.6. The van der Waals surface area contributed by atoms with Gasteiger partial charge in [0.1, 0.15) is 28.6 Å². The number of hydrogen-bond donors (Lipinski definition) is 2. The van der Waals surface area contributed by atoms with E-state index < -0.39 is 6.09 Å². The van der Waals surface area contributed by atoms with E-state index in [0.717, 1.165) is 6.42 Å². The van der Waals surface area contributed by atoms with Crippen molar-refractivity contribution in [1.82, 2.24) is 9.97 Å². The van der Waals surface area contributed by atoms with Crippen LogP contribution in [0.1, 0.15) is 13.3 Å². The minimum Gasteiger partial charge on any atom is -0.494 e. The van der Waals surface area contributed by atoms with Gasteiger partial charge in [-0.3, -0.25) is 10.1 Å². The number of hydrogen-bond acceptors (Lipinski definition) is 6. The van der Waals surface area contributed by atoms with Crippen molar-refractivity contribution in [1.29, 1.82) is 0 Å². The van der Waals surface area contributed by atoms with E-state index in [1.54, 1.807) is 60.7 Å². The summed E-state index contributed by atoms with van der Waals surface area (Å²) in [5, 5.41) is 3.11. The SMILES string of the molecule is CCCOc1ccc(NC(=O)Oc2ccccc2)cc1-c1nc2c(OC)cccc2c(=O)[nH]1. The van der Waals surface area contributed by atoms with E-state index in [2.05, 4.69) is 15.3 Å². The molecule has 8 heteroatoms. The number of H-pyrrole nitrogens is 1. The van der Waals surface area contributed by atoms with Crippen molar-refractivity contribution in [3.63, 3.8) is 0 Å². The summed E-state index contributed by atoms with van der Waals surface area (Å²) in [4.78, 5) is 32.5. The van der Waals surface area contributed by atoms with Crippen LogP contribution in [0.5, 0.6) is 17.2 Å². The fraction of sp³-hybridized carbons (Fsp3) is 0.160. The van der Waals surface area contributed by atoms with Gasteiger partial charge in [-0.1, -0.05) is 31.2 Å². The monoisotopic (exact) mass is 445 g/mol. The Morgan fingerprint density at radius 2 is 1.85 bits per heavy atom. The highest BCUT2D eigenvalue weighted by atomic mass is 16.6. The van der Waals surface area contributed by atoms with Crippen LogP contribution in [0.25, 0.3) is 22.3 Å². The van der Waals surface area contributed by atoms with Crippen LogP contribution < -0.4 is 25.1 Å². The quantitative estimate of drug-likeness (QED) is 0.415. The fourth-order valence-electron chi connectivity index (χ4n) is 3.30. The van der Waals surface area contributed by atoms with Gasteiger partial charge < -0.3 is 19.2 Å². The molecule has 0 aliphatic carbocycles. The molecule has 0 saturated carbocycles. The molecule has 0 atom stereocenters. The molecule has 1 aromatic heterocycles. The fourth-order valence-corrected chi connectivity index (χ4v) is 3.30. The molecule has 0 saturated heterocycles. The molecular formula is C25H23N3O5. The molecule has 0 aliphatic rings. The molecule has 2 N–H and O–H groups in total. The molecule has 0 unspecified atom stereocenters. The lowest BCUT2D eigenvalue weighted by atomic mass is 10.1. The molecule has 8 nitrogen and oxygen atoms in total. The molecule has 3 aromatic carbocycles. The molecule has 0 fully saturated rings. The molecule has 0 bridgehead atoms. The Labute approximate surface area is 190 Å². The second-order valence-electron chi connectivity index (χ2n) is 7.16. The summed E-state index contributed by atoms with van der Waals surface area (Å²) in [6.45, 7) is 2.48. The smallest absolute Gasteiger partial charge is 0.417 e. The minimum absolute atomic E-state index is 0.295. The average Bonchev–Trinajstić information content (AvgIpc) is 2.83. The Hall–Kier alpha value is -4.33. The predicted octanol–water partition coefficient (Wildman–Crippen LogP) is 5.00. The number of benzene rings is 3. The van der Waals surface area contributed by atoms with Crippen LogP contribution in [0.4, 0.5) is 10.5 Å². The van der Waals surface area contributed by atoms with Gasteiger partial charge in [0, 0.05) is 5.69 Å². The molecule has 4 aromatic rings. The Morgan fingerprint density at radius 3 is 2.61 bits per heavy atom. The largest absolute Gasteiger partial charge is 0.494 e. The predicted molar refractivity (Wildman–Crippen MR) is 126 cm³/mol. The van der Waals surface area contributed by atoms with E-state index in [-0.39, 0.29) is 5.56 Å². The first-order valence-electron chi connectivity index (χ1n) is 10.5. The molecule has 168 valence electrons. The number of methoxy groups -OCH3 is 1. The number of amides is 1. The highest BCUT2D eigenvalue weighted by Gasteiger charge is 2.16. The number of para-hydroxylation sites is 2. The number of nitrogens with one attached hydrogen (secondary N) is 2. The lowest BCUT2D eigenvalue weighted by Gasteiger charge is -2.14. The van der Waals surface area contributed by atoms with Crippen LogP contribution in [-0.4, -0.2) is 29.8 Å². The van der Waals surface area contributed by atoms with Crippen LogP contribution in [0.3, 0.4) is 0 Å². The number of anilines is 1. The first kappa shape index (κ1) is 21.9. The van der Waals surface area contributed by atoms with E-state index in [1.807, 2.05) is 13.0 Å². The standard InChI is InChI=1S/C25H23N3O5/c1-3-14-32-20-13-12-16(26-25(30)33-17-8-5-4-6-9-17)15-19(20)23-27-22-18(24(29)28-23)10-7-11-21(22)31-2/h4-13,15H,3,14H2,1-2H3,(H,26,30)(H,27,28,29). The Morgan fingerprint density at radius 1 is 1.03 bits per heavy atom. The third-order valence-electron chi connectivity index (χ3n) is 4.82. The van der Waals surface area contributed by atoms with Crippen LogP contribution in [-0.2, 0) is 0 Å². The lowest BCUT2D eigenvalue weighted by Crippen LogP contribution is -2.17. The number of nitrogens with zero attached hydrogens (tertiary/aromatic N) is 1. The molecular weight excluding hydrogens is 422 g/mol. The third-order valence-corrected chi connectivity index (χ3v) is 4.82. The maximum atomic E-state index is 12.8. The number of ether oxygens (including phenoxy) is 3. The van der Waals surface area contributed by atoms with Crippen LogP contribution in [0.15, 0.2) is 71.5 Å². The molecule has 1 amide bonds. The number of aromatic nitrogens is 2. The van der Waals surface area contributed by atoms with Gasteiger partial charge in [0.05, 0.1) is 24.7 Å². The molecule has 33 heavy (non-hydrogen) atoms. The van der Waals surface area contributed by atoms with E-state index in [0.29, 0.717) is 51.8 Å². The first-order valence-corrected chi connectivity index (χ1v) is 10.5. The zero-order chi connectivity index (χ0) is 23.2. The summed E-state index contributed by atoms with van der Waals surface area (Å²) < 4.78 is 16.5. The molecule has 0 radical (unpaired) electrons. The zero-order valence-corrected chi connectivity index (χ0v) is 18.3. The number of aromatic amines is 1. The van der Waals surface area contributed by atoms with Gasteiger partial charge in [-0.05, 0) is 48.9 Å². The lowest BCUT2D eigenvalue weighted by molar-refractivity contribution is 0.215. The number of carbonyl (C=O) groups excluding carboxylic acids is 1. The third kappa shape index (κ3) is 4.95.